The lowest BCUT2D eigenvalue weighted by Gasteiger charge is -2.24. The summed E-state index contributed by atoms with van der Waals surface area (Å²) in [6, 6.07) is 9.04. The maximum Gasteiger partial charge on any atom is 0.269 e. The Morgan fingerprint density at radius 1 is 1.28 bits per heavy atom. The summed E-state index contributed by atoms with van der Waals surface area (Å²) in [5.41, 5.74) is 1.85. The number of benzene rings is 1. The predicted molar refractivity (Wildman–Crippen MR) is 105 cm³/mol. The van der Waals surface area contributed by atoms with Crippen LogP contribution in [0.4, 0.5) is 5.69 Å². The van der Waals surface area contributed by atoms with Crippen LogP contribution >= 0.6 is 38.9 Å². The van der Waals surface area contributed by atoms with Crippen molar-refractivity contribution in [1.82, 2.24) is 9.78 Å². The summed E-state index contributed by atoms with van der Waals surface area (Å²) in [5.74, 6) is 0. The van der Waals surface area contributed by atoms with E-state index < -0.39 is 10.0 Å². The monoisotopic (exact) mass is 459 g/mol. The van der Waals surface area contributed by atoms with Crippen LogP contribution in [0.3, 0.4) is 0 Å². The van der Waals surface area contributed by atoms with Crippen LogP contribution in [0.5, 0.6) is 0 Å². The summed E-state index contributed by atoms with van der Waals surface area (Å²) < 4.78 is 30.4. The average molecular weight is 461 g/mol. The molecule has 0 radical (unpaired) electrons. The molecule has 5 nitrogen and oxygen atoms in total. The van der Waals surface area contributed by atoms with Crippen LogP contribution < -0.4 is 4.31 Å². The molecule has 0 fully saturated rings. The molecule has 25 heavy (non-hydrogen) atoms. The van der Waals surface area contributed by atoms with E-state index in [2.05, 4.69) is 21.0 Å². The highest BCUT2D eigenvalue weighted by Gasteiger charge is 2.32. The largest absolute Gasteiger partial charge is 0.269 e. The molecule has 0 saturated heterocycles. The molecule has 0 saturated carbocycles. The summed E-state index contributed by atoms with van der Waals surface area (Å²) >= 11 is 11.1. The molecule has 0 atom stereocenters. The standard InChI is InChI=1S/C16H15BrClN3O2S2/c1-11-15(16(18)20(2)19-11)25(22,23)21(9-12-7-8-24-10-12)14-5-3-13(17)4-6-14/h3-8,10H,9H2,1-2H3. The van der Waals surface area contributed by atoms with Gasteiger partial charge in [-0.1, -0.05) is 27.5 Å². The number of nitrogens with zero attached hydrogens (tertiary/aromatic N) is 3. The quantitative estimate of drug-likeness (QED) is 0.559. The Bertz CT molecular complexity index is 983. The fourth-order valence-corrected chi connectivity index (χ4v) is 5.57. The summed E-state index contributed by atoms with van der Waals surface area (Å²) in [4.78, 5) is 0.0369. The minimum absolute atomic E-state index is 0.0369. The van der Waals surface area contributed by atoms with E-state index in [1.165, 1.54) is 20.3 Å². The average Bonchev–Trinajstić information content (AvgIpc) is 3.14. The SMILES string of the molecule is Cc1nn(C)c(Cl)c1S(=O)(=O)N(Cc1ccsc1)c1ccc(Br)cc1. The van der Waals surface area contributed by atoms with Crippen molar-refractivity contribution in [3.63, 3.8) is 0 Å². The van der Waals surface area contributed by atoms with Crippen LogP contribution in [-0.2, 0) is 23.6 Å². The second-order valence-corrected chi connectivity index (χ2v) is 9.30. The second-order valence-electron chi connectivity index (χ2n) is 5.45. The molecular formula is C16H15BrClN3O2S2. The second kappa shape index (κ2) is 7.11. The first kappa shape index (κ1) is 18.4. The third-order valence-electron chi connectivity index (χ3n) is 3.67. The van der Waals surface area contributed by atoms with Gasteiger partial charge in [0.05, 0.1) is 17.9 Å². The molecule has 1 aromatic carbocycles. The van der Waals surface area contributed by atoms with Gasteiger partial charge in [0, 0.05) is 11.5 Å². The number of halogens is 2. The van der Waals surface area contributed by atoms with E-state index in [1.54, 1.807) is 26.1 Å². The number of anilines is 1. The van der Waals surface area contributed by atoms with Crippen molar-refractivity contribution in [2.24, 2.45) is 7.05 Å². The maximum absolute atomic E-state index is 13.4. The van der Waals surface area contributed by atoms with Gasteiger partial charge in [0.15, 0.2) is 0 Å². The number of hydrogen-bond donors (Lipinski definition) is 0. The fourth-order valence-electron chi connectivity index (χ4n) is 2.48. The van der Waals surface area contributed by atoms with Crippen molar-refractivity contribution in [2.45, 2.75) is 18.4 Å². The Balaban J connectivity index is 2.14. The van der Waals surface area contributed by atoms with Crippen molar-refractivity contribution >= 4 is 54.6 Å². The maximum atomic E-state index is 13.4. The van der Waals surface area contributed by atoms with E-state index in [9.17, 15) is 8.42 Å². The third-order valence-corrected chi connectivity index (χ3v) is 7.40. The van der Waals surface area contributed by atoms with Gasteiger partial charge in [-0.05, 0) is 53.6 Å². The van der Waals surface area contributed by atoms with E-state index in [0.717, 1.165) is 10.0 Å². The van der Waals surface area contributed by atoms with Crippen molar-refractivity contribution in [3.05, 3.63) is 62.0 Å². The van der Waals surface area contributed by atoms with Gasteiger partial charge < -0.3 is 0 Å². The lowest BCUT2D eigenvalue weighted by Crippen LogP contribution is -2.31. The van der Waals surface area contributed by atoms with Crippen molar-refractivity contribution in [1.29, 1.82) is 0 Å². The van der Waals surface area contributed by atoms with Gasteiger partial charge in [-0.3, -0.25) is 8.99 Å². The molecular weight excluding hydrogens is 446 g/mol. The first-order valence-electron chi connectivity index (χ1n) is 7.29. The smallest absolute Gasteiger partial charge is 0.262 e. The molecule has 2 heterocycles. The Labute approximate surface area is 164 Å². The van der Waals surface area contributed by atoms with Crippen LogP contribution in [0.15, 0.2) is 50.5 Å². The third kappa shape index (κ3) is 3.62. The Morgan fingerprint density at radius 2 is 1.96 bits per heavy atom. The number of hydrogen-bond acceptors (Lipinski definition) is 4. The molecule has 2 aromatic heterocycles. The van der Waals surface area contributed by atoms with Gasteiger partial charge in [0.25, 0.3) is 10.0 Å². The van der Waals surface area contributed by atoms with E-state index in [1.807, 2.05) is 29.0 Å². The summed E-state index contributed by atoms with van der Waals surface area (Å²) in [7, 11) is -2.25. The zero-order valence-electron chi connectivity index (χ0n) is 13.5. The molecule has 0 N–H and O–H groups in total. The summed E-state index contributed by atoms with van der Waals surface area (Å²) in [6.07, 6.45) is 0. The van der Waals surface area contributed by atoms with E-state index in [-0.39, 0.29) is 16.6 Å². The topological polar surface area (TPSA) is 55.2 Å². The molecule has 9 heteroatoms. The number of thiophene rings is 1. The molecule has 0 bridgehead atoms. The zero-order valence-corrected chi connectivity index (χ0v) is 17.5. The van der Waals surface area contributed by atoms with E-state index >= 15 is 0 Å². The van der Waals surface area contributed by atoms with Gasteiger partial charge in [0.1, 0.15) is 10.0 Å². The normalized spacial score (nSPS) is 11.7. The molecule has 0 unspecified atom stereocenters. The molecule has 132 valence electrons. The molecule has 0 spiro atoms. The minimum atomic E-state index is -3.88. The minimum Gasteiger partial charge on any atom is -0.262 e. The fraction of sp³-hybridized carbons (Fsp3) is 0.188. The molecule has 0 amide bonds. The number of rotatable bonds is 5. The molecule has 3 aromatic rings. The van der Waals surface area contributed by atoms with Crippen molar-refractivity contribution in [2.75, 3.05) is 4.31 Å². The Morgan fingerprint density at radius 3 is 2.48 bits per heavy atom. The van der Waals surface area contributed by atoms with Crippen molar-refractivity contribution < 1.29 is 8.42 Å². The Hall–Kier alpha value is -1.35. The van der Waals surface area contributed by atoms with Gasteiger partial charge >= 0.3 is 0 Å². The van der Waals surface area contributed by atoms with Crippen LogP contribution in [0, 0.1) is 6.92 Å². The molecule has 3 rings (SSSR count). The number of aryl methyl sites for hydroxylation is 2. The van der Waals surface area contributed by atoms with Gasteiger partial charge in [-0.25, -0.2) is 8.42 Å². The molecule has 0 aliphatic rings. The number of sulfonamides is 1. The predicted octanol–water partition coefficient (Wildman–Crippen LogP) is 4.60. The van der Waals surface area contributed by atoms with Crippen LogP contribution in [0.2, 0.25) is 5.15 Å². The first-order valence-corrected chi connectivity index (χ1v) is 10.8. The highest BCUT2D eigenvalue weighted by Crippen LogP contribution is 2.32. The summed E-state index contributed by atoms with van der Waals surface area (Å²) in [6.45, 7) is 1.86. The van der Waals surface area contributed by atoms with Crippen LogP contribution in [0.25, 0.3) is 0 Å². The highest BCUT2D eigenvalue weighted by molar-refractivity contribution is 9.10. The van der Waals surface area contributed by atoms with E-state index in [4.69, 9.17) is 11.6 Å². The highest BCUT2D eigenvalue weighted by atomic mass is 79.9. The van der Waals surface area contributed by atoms with E-state index in [0.29, 0.717) is 11.4 Å². The van der Waals surface area contributed by atoms with Crippen molar-refractivity contribution in [3.8, 4) is 0 Å². The first-order chi connectivity index (χ1) is 11.8. The summed E-state index contributed by atoms with van der Waals surface area (Å²) in [5, 5.41) is 8.09. The van der Waals surface area contributed by atoms with Gasteiger partial charge in [0.2, 0.25) is 0 Å². The van der Waals surface area contributed by atoms with Crippen LogP contribution in [0.1, 0.15) is 11.3 Å². The molecule has 0 aliphatic carbocycles. The zero-order chi connectivity index (χ0) is 18.2. The Kier molecular flexibility index (Phi) is 5.24. The number of aromatic nitrogens is 2. The lowest BCUT2D eigenvalue weighted by atomic mass is 10.3. The van der Waals surface area contributed by atoms with Gasteiger partial charge in [-0.2, -0.15) is 16.4 Å². The van der Waals surface area contributed by atoms with Crippen LogP contribution in [-0.4, -0.2) is 18.2 Å². The van der Waals surface area contributed by atoms with Gasteiger partial charge in [-0.15, -0.1) is 0 Å². The lowest BCUT2D eigenvalue weighted by molar-refractivity contribution is 0.590. The molecule has 0 aliphatic heterocycles.